The van der Waals surface area contributed by atoms with Gasteiger partial charge in [0.25, 0.3) is 0 Å². The van der Waals surface area contributed by atoms with Crippen LogP contribution in [-0.2, 0) is 17.9 Å². The third kappa shape index (κ3) is 6.94. The monoisotopic (exact) mass is 393 g/mol. The van der Waals surface area contributed by atoms with Crippen LogP contribution in [0, 0.1) is 17.5 Å². The predicted molar refractivity (Wildman–Crippen MR) is 98.7 cm³/mol. The lowest BCUT2D eigenvalue weighted by Gasteiger charge is -2.18. The van der Waals surface area contributed by atoms with E-state index in [2.05, 4.69) is 16.0 Å². The van der Waals surface area contributed by atoms with Crippen LogP contribution >= 0.6 is 0 Å². The van der Waals surface area contributed by atoms with Gasteiger partial charge in [-0.15, -0.1) is 0 Å². The zero-order valence-electron chi connectivity index (χ0n) is 15.4. The zero-order valence-corrected chi connectivity index (χ0v) is 15.4. The molecule has 1 unspecified atom stereocenters. The summed E-state index contributed by atoms with van der Waals surface area (Å²) in [6, 6.07) is 7.33. The second kappa shape index (κ2) is 10.3. The highest BCUT2D eigenvalue weighted by Crippen LogP contribution is 2.08. The van der Waals surface area contributed by atoms with Crippen molar-refractivity contribution in [1.82, 2.24) is 16.0 Å². The quantitative estimate of drug-likeness (QED) is 0.644. The van der Waals surface area contributed by atoms with Crippen LogP contribution in [0.2, 0.25) is 0 Å². The number of carbonyl (C=O) groups excluding carboxylic acids is 2. The van der Waals surface area contributed by atoms with Crippen molar-refractivity contribution in [1.29, 1.82) is 0 Å². The molecule has 5 nitrogen and oxygen atoms in total. The summed E-state index contributed by atoms with van der Waals surface area (Å²) in [6.07, 6.45) is 1.04. The van der Waals surface area contributed by atoms with E-state index in [1.165, 1.54) is 12.1 Å². The average Bonchev–Trinajstić information content (AvgIpc) is 2.64. The molecule has 0 aliphatic carbocycles. The van der Waals surface area contributed by atoms with Gasteiger partial charge in [0.2, 0.25) is 5.91 Å². The van der Waals surface area contributed by atoms with Crippen molar-refractivity contribution < 1.29 is 22.8 Å². The number of urea groups is 1. The van der Waals surface area contributed by atoms with E-state index in [4.69, 9.17) is 0 Å². The van der Waals surface area contributed by atoms with Gasteiger partial charge in [0, 0.05) is 19.2 Å². The number of hydrogen-bond donors (Lipinski definition) is 3. The van der Waals surface area contributed by atoms with Crippen molar-refractivity contribution in [2.24, 2.45) is 0 Å². The highest BCUT2D eigenvalue weighted by molar-refractivity contribution is 5.86. The standard InChI is InChI=1S/C20H22F3N3O2/c1-2-3-18(19(27)24-12-14-8-16(22)10-17(23)9-14)26-20(28)25-11-13-4-6-15(21)7-5-13/h4-10,18H,2-3,11-12H2,1H3,(H,24,27)(H2,25,26,28). The second-order valence-corrected chi connectivity index (χ2v) is 6.29. The molecule has 3 amide bonds. The number of halogens is 3. The molecule has 0 aromatic heterocycles. The summed E-state index contributed by atoms with van der Waals surface area (Å²) in [7, 11) is 0. The van der Waals surface area contributed by atoms with E-state index in [9.17, 15) is 22.8 Å². The van der Waals surface area contributed by atoms with E-state index in [0.29, 0.717) is 18.4 Å². The Morgan fingerprint density at radius 3 is 2.07 bits per heavy atom. The first-order chi connectivity index (χ1) is 13.4. The lowest BCUT2D eigenvalue weighted by molar-refractivity contribution is -0.123. The third-order valence-electron chi connectivity index (χ3n) is 3.95. The fourth-order valence-electron chi connectivity index (χ4n) is 2.58. The van der Waals surface area contributed by atoms with Crippen LogP contribution in [0.3, 0.4) is 0 Å². The summed E-state index contributed by atoms with van der Waals surface area (Å²) in [5.74, 6) is -2.28. The first kappa shape index (κ1) is 21.3. The van der Waals surface area contributed by atoms with Crippen molar-refractivity contribution in [2.45, 2.75) is 38.9 Å². The van der Waals surface area contributed by atoms with Gasteiger partial charge in [-0.2, -0.15) is 0 Å². The van der Waals surface area contributed by atoms with Gasteiger partial charge in [0.1, 0.15) is 23.5 Å². The largest absolute Gasteiger partial charge is 0.350 e. The van der Waals surface area contributed by atoms with Crippen LogP contribution in [-0.4, -0.2) is 18.0 Å². The maximum atomic E-state index is 13.2. The molecule has 0 bridgehead atoms. The molecule has 0 aliphatic rings. The van der Waals surface area contributed by atoms with Gasteiger partial charge in [0.05, 0.1) is 0 Å². The minimum atomic E-state index is -0.795. The van der Waals surface area contributed by atoms with E-state index in [1.54, 1.807) is 12.1 Å². The molecule has 2 rings (SSSR count). The van der Waals surface area contributed by atoms with E-state index in [0.717, 1.165) is 18.2 Å². The summed E-state index contributed by atoms with van der Waals surface area (Å²) in [5.41, 5.74) is 0.989. The molecule has 0 spiro atoms. The molecule has 2 aromatic rings. The van der Waals surface area contributed by atoms with Crippen molar-refractivity contribution in [3.8, 4) is 0 Å². The third-order valence-corrected chi connectivity index (χ3v) is 3.95. The Balaban J connectivity index is 1.86. The van der Waals surface area contributed by atoms with E-state index in [-0.39, 0.29) is 24.5 Å². The van der Waals surface area contributed by atoms with Gasteiger partial charge >= 0.3 is 6.03 Å². The van der Waals surface area contributed by atoms with Gasteiger partial charge in [-0.05, 0) is 41.8 Å². The van der Waals surface area contributed by atoms with Gasteiger partial charge in [-0.1, -0.05) is 25.5 Å². The molecule has 0 saturated heterocycles. The fourth-order valence-corrected chi connectivity index (χ4v) is 2.58. The second-order valence-electron chi connectivity index (χ2n) is 6.29. The lowest BCUT2D eigenvalue weighted by atomic mass is 10.1. The summed E-state index contributed by atoms with van der Waals surface area (Å²) < 4.78 is 39.3. The lowest BCUT2D eigenvalue weighted by Crippen LogP contribution is -2.49. The van der Waals surface area contributed by atoms with Crippen LogP contribution in [0.1, 0.15) is 30.9 Å². The van der Waals surface area contributed by atoms with Gasteiger partial charge in [-0.25, -0.2) is 18.0 Å². The maximum Gasteiger partial charge on any atom is 0.315 e. The number of rotatable bonds is 8. The van der Waals surface area contributed by atoms with Crippen molar-refractivity contribution >= 4 is 11.9 Å². The SMILES string of the molecule is CCCC(NC(=O)NCc1ccc(F)cc1)C(=O)NCc1cc(F)cc(F)c1. The Morgan fingerprint density at radius 2 is 1.46 bits per heavy atom. The van der Waals surface area contributed by atoms with Gasteiger partial charge in [-0.3, -0.25) is 4.79 Å². The Hall–Kier alpha value is -3.03. The number of hydrogen-bond acceptors (Lipinski definition) is 2. The summed E-state index contributed by atoms with van der Waals surface area (Å²) in [5, 5.41) is 7.74. The molecular weight excluding hydrogens is 371 g/mol. The molecule has 1 atom stereocenters. The van der Waals surface area contributed by atoms with E-state index in [1.807, 2.05) is 6.92 Å². The first-order valence-corrected chi connectivity index (χ1v) is 8.89. The predicted octanol–water partition coefficient (Wildman–Crippen LogP) is 3.39. The highest BCUT2D eigenvalue weighted by atomic mass is 19.1. The Bertz CT molecular complexity index is 793. The number of amides is 3. The van der Waals surface area contributed by atoms with Crippen LogP contribution in [0.4, 0.5) is 18.0 Å². The van der Waals surface area contributed by atoms with Crippen molar-refractivity contribution in [2.75, 3.05) is 0 Å². The van der Waals surface area contributed by atoms with Gasteiger partial charge in [0.15, 0.2) is 0 Å². The molecule has 0 radical (unpaired) electrons. The zero-order chi connectivity index (χ0) is 20.5. The number of nitrogens with one attached hydrogen (secondary N) is 3. The first-order valence-electron chi connectivity index (χ1n) is 8.89. The molecular formula is C20H22F3N3O2. The molecule has 0 aliphatic heterocycles. The van der Waals surface area contributed by atoms with Crippen LogP contribution < -0.4 is 16.0 Å². The minimum Gasteiger partial charge on any atom is -0.350 e. The molecule has 28 heavy (non-hydrogen) atoms. The normalized spacial score (nSPS) is 11.6. The van der Waals surface area contributed by atoms with Crippen molar-refractivity contribution in [3.05, 3.63) is 71.0 Å². The Labute approximate surface area is 161 Å². The van der Waals surface area contributed by atoms with Crippen LogP contribution in [0.5, 0.6) is 0 Å². The summed E-state index contributed by atoms with van der Waals surface area (Å²) in [6.45, 7) is 1.97. The van der Waals surface area contributed by atoms with E-state index >= 15 is 0 Å². The topological polar surface area (TPSA) is 70.2 Å². The van der Waals surface area contributed by atoms with E-state index < -0.39 is 29.6 Å². The average molecular weight is 393 g/mol. The Morgan fingerprint density at radius 1 is 0.857 bits per heavy atom. The smallest absolute Gasteiger partial charge is 0.315 e. The fraction of sp³-hybridized carbons (Fsp3) is 0.300. The van der Waals surface area contributed by atoms with Gasteiger partial charge < -0.3 is 16.0 Å². The molecule has 0 heterocycles. The van der Waals surface area contributed by atoms with Crippen LogP contribution in [0.15, 0.2) is 42.5 Å². The molecule has 0 fully saturated rings. The molecule has 8 heteroatoms. The summed E-state index contributed by atoms with van der Waals surface area (Å²) in [4.78, 5) is 24.4. The molecule has 150 valence electrons. The van der Waals surface area contributed by atoms with Crippen molar-refractivity contribution in [3.63, 3.8) is 0 Å². The molecule has 2 aromatic carbocycles. The summed E-state index contributed by atoms with van der Waals surface area (Å²) >= 11 is 0. The molecule has 3 N–H and O–H groups in total. The maximum absolute atomic E-state index is 13.2. The number of benzene rings is 2. The van der Waals surface area contributed by atoms with Crippen LogP contribution in [0.25, 0.3) is 0 Å². The number of carbonyl (C=O) groups is 2. The molecule has 0 saturated carbocycles. The minimum absolute atomic E-state index is 0.0629. The Kier molecular flexibility index (Phi) is 7.86. The highest BCUT2D eigenvalue weighted by Gasteiger charge is 2.19.